The molecule has 3 aliphatic rings. The lowest BCUT2D eigenvalue weighted by Crippen LogP contribution is -2.74. The quantitative estimate of drug-likeness (QED) is 0.666. The second kappa shape index (κ2) is 7.23. The number of imide groups is 2. The second-order valence-corrected chi connectivity index (χ2v) is 8.60. The van der Waals surface area contributed by atoms with Crippen LogP contribution in [-0.2, 0) is 22.2 Å². The van der Waals surface area contributed by atoms with Crippen molar-refractivity contribution >= 4 is 29.2 Å². The minimum absolute atomic E-state index is 0.224. The number of alkyl halides is 3. The van der Waals surface area contributed by atoms with Crippen LogP contribution < -0.4 is 15.1 Å². The van der Waals surface area contributed by atoms with Gasteiger partial charge in [-0.25, -0.2) is 4.79 Å². The molecule has 0 saturated carbocycles. The first-order valence-corrected chi connectivity index (χ1v) is 10.5. The normalized spacial score (nSPS) is 25.2. The summed E-state index contributed by atoms with van der Waals surface area (Å²) in [6, 6.07) is 11.4. The summed E-state index contributed by atoms with van der Waals surface area (Å²) in [5.74, 6) is -1.48. The molecule has 0 aliphatic carbocycles. The summed E-state index contributed by atoms with van der Waals surface area (Å²) in [4.78, 5) is 43.6. The molecule has 2 fully saturated rings. The van der Waals surface area contributed by atoms with Gasteiger partial charge in [-0.15, -0.1) is 0 Å². The summed E-state index contributed by atoms with van der Waals surface area (Å²) >= 11 is 0. The molecule has 2 aromatic rings. The highest BCUT2D eigenvalue weighted by molar-refractivity contribution is 6.20. The molecule has 2 aromatic carbocycles. The molecular weight excluding hydrogens is 437 g/mol. The van der Waals surface area contributed by atoms with E-state index >= 15 is 0 Å². The standard InChI is InChI=1S/C23H21F3N4O3/c1-28-20(32)22(19(31)27-21(28)33)12-14-11-15(23(24,25)26)7-8-17(14)30-10-9-29(13-18(22)30)16-5-3-2-4-6-16/h2-8,11,18H,9-10,12-13H2,1H3,(H,27,31,33)/t18-,22-/m1/s1. The minimum atomic E-state index is -4.56. The van der Waals surface area contributed by atoms with E-state index in [1.165, 1.54) is 13.1 Å². The van der Waals surface area contributed by atoms with Crippen molar-refractivity contribution in [3.8, 4) is 0 Å². The number of piperazine rings is 1. The third kappa shape index (κ3) is 3.15. The van der Waals surface area contributed by atoms with E-state index in [9.17, 15) is 27.6 Å². The van der Waals surface area contributed by atoms with Crippen molar-refractivity contribution < 1.29 is 27.6 Å². The van der Waals surface area contributed by atoms with Crippen molar-refractivity contribution in [1.82, 2.24) is 10.2 Å². The lowest BCUT2D eigenvalue weighted by atomic mass is 9.67. The molecule has 33 heavy (non-hydrogen) atoms. The number of halogens is 3. The molecule has 0 aromatic heterocycles. The van der Waals surface area contributed by atoms with E-state index < -0.39 is 41.0 Å². The van der Waals surface area contributed by atoms with E-state index in [1.807, 2.05) is 35.2 Å². The summed E-state index contributed by atoms with van der Waals surface area (Å²) in [5, 5.41) is 2.24. The van der Waals surface area contributed by atoms with Gasteiger partial charge in [-0.1, -0.05) is 18.2 Å². The number of carbonyl (C=O) groups excluding carboxylic acids is 3. The van der Waals surface area contributed by atoms with Crippen LogP contribution in [0.5, 0.6) is 0 Å². The Hall–Kier alpha value is -3.56. The van der Waals surface area contributed by atoms with Crippen molar-refractivity contribution in [3.05, 3.63) is 59.7 Å². The van der Waals surface area contributed by atoms with Crippen molar-refractivity contribution in [2.75, 3.05) is 36.5 Å². The van der Waals surface area contributed by atoms with Gasteiger partial charge in [-0.3, -0.25) is 19.8 Å². The van der Waals surface area contributed by atoms with Crippen LogP contribution in [0.4, 0.5) is 29.3 Å². The fraction of sp³-hybridized carbons (Fsp3) is 0.348. The van der Waals surface area contributed by atoms with Gasteiger partial charge in [0.2, 0.25) is 11.8 Å². The van der Waals surface area contributed by atoms with Crippen molar-refractivity contribution in [2.24, 2.45) is 5.41 Å². The first kappa shape index (κ1) is 21.3. The van der Waals surface area contributed by atoms with Crippen LogP contribution >= 0.6 is 0 Å². The molecule has 1 N–H and O–H groups in total. The Kier molecular flexibility index (Phi) is 4.66. The molecule has 10 heteroatoms. The number of hydrogen-bond acceptors (Lipinski definition) is 5. The summed E-state index contributed by atoms with van der Waals surface area (Å²) in [6.45, 7) is 1.26. The maximum absolute atomic E-state index is 13.5. The number of anilines is 2. The number of benzene rings is 2. The number of barbiturate groups is 1. The smallest absolute Gasteiger partial charge is 0.368 e. The van der Waals surface area contributed by atoms with Gasteiger partial charge in [0, 0.05) is 38.1 Å². The van der Waals surface area contributed by atoms with Gasteiger partial charge in [0.1, 0.15) is 0 Å². The van der Waals surface area contributed by atoms with E-state index in [0.717, 1.165) is 22.7 Å². The molecule has 7 nitrogen and oxygen atoms in total. The van der Waals surface area contributed by atoms with Crippen LogP contribution in [0, 0.1) is 5.41 Å². The molecule has 3 heterocycles. The van der Waals surface area contributed by atoms with Crippen LogP contribution in [0.25, 0.3) is 0 Å². The van der Waals surface area contributed by atoms with Gasteiger partial charge in [-0.05, 0) is 42.3 Å². The Bertz CT molecular complexity index is 1150. The van der Waals surface area contributed by atoms with Gasteiger partial charge in [0.25, 0.3) is 0 Å². The fourth-order valence-corrected chi connectivity index (χ4v) is 5.20. The topological polar surface area (TPSA) is 73.0 Å². The monoisotopic (exact) mass is 458 g/mol. The molecule has 1 spiro atoms. The maximum Gasteiger partial charge on any atom is 0.416 e. The highest BCUT2D eigenvalue weighted by Crippen LogP contribution is 2.47. The van der Waals surface area contributed by atoms with Crippen LogP contribution in [0.15, 0.2) is 48.5 Å². The first-order valence-electron chi connectivity index (χ1n) is 10.5. The Morgan fingerprint density at radius 2 is 1.76 bits per heavy atom. The number of hydrogen-bond donors (Lipinski definition) is 1. The lowest BCUT2D eigenvalue weighted by molar-refractivity contribution is -0.152. The van der Waals surface area contributed by atoms with E-state index in [0.29, 0.717) is 25.3 Å². The summed E-state index contributed by atoms with van der Waals surface area (Å²) in [6.07, 6.45) is -4.78. The van der Waals surface area contributed by atoms with Crippen LogP contribution in [0.1, 0.15) is 11.1 Å². The number of para-hydroxylation sites is 1. The van der Waals surface area contributed by atoms with Gasteiger partial charge in [0.15, 0.2) is 5.41 Å². The van der Waals surface area contributed by atoms with Crippen molar-refractivity contribution in [1.29, 1.82) is 0 Å². The second-order valence-electron chi connectivity index (χ2n) is 8.60. The molecule has 172 valence electrons. The highest BCUT2D eigenvalue weighted by atomic mass is 19.4. The highest BCUT2D eigenvalue weighted by Gasteiger charge is 2.62. The van der Waals surface area contributed by atoms with Crippen molar-refractivity contribution in [3.63, 3.8) is 0 Å². The average Bonchev–Trinajstić information content (AvgIpc) is 2.80. The number of amides is 4. The van der Waals surface area contributed by atoms with Gasteiger partial charge < -0.3 is 9.80 Å². The molecule has 0 bridgehead atoms. The number of nitrogens with zero attached hydrogens (tertiary/aromatic N) is 3. The van der Waals surface area contributed by atoms with E-state index in [-0.39, 0.29) is 12.0 Å². The fourth-order valence-electron chi connectivity index (χ4n) is 5.20. The Morgan fingerprint density at radius 3 is 2.45 bits per heavy atom. The molecular formula is C23H21F3N4O3. The summed E-state index contributed by atoms with van der Waals surface area (Å²) in [7, 11) is 1.27. The van der Waals surface area contributed by atoms with Crippen LogP contribution in [0.3, 0.4) is 0 Å². The number of urea groups is 1. The average molecular weight is 458 g/mol. The van der Waals surface area contributed by atoms with Gasteiger partial charge in [-0.2, -0.15) is 13.2 Å². The van der Waals surface area contributed by atoms with Gasteiger partial charge >= 0.3 is 12.2 Å². The number of fused-ring (bicyclic) bond motifs is 4. The zero-order valence-electron chi connectivity index (χ0n) is 17.7. The van der Waals surface area contributed by atoms with Crippen molar-refractivity contribution in [2.45, 2.75) is 18.6 Å². The third-order valence-electron chi connectivity index (χ3n) is 6.87. The molecule has 2 atom stereocenters. The van der Waals surface area contributed by atoms with E-state index in [4.69, 9.17) is 0 Å². The maximum atomic E-state index is 13.5. The molecule has 5 rings (SSSR count). The molecule has 0 radical (unpaired) electrons. The molecule has 4 amide bonds. The predicted octanol–water partition coefficient (Wildman–Crippen LogP) is 2.65. The molecule has 2 saturated heterocycles. The zero-order valence-corrected chi connectivity index (χ0v) is 17.7. The summed E-state index contributed by atoms with van der Waals surface area (Å²) in [5.41, 5.74) is -0.815. The van der Waals surface area contributed by atoms with Crippen LogP contribution in [-0.4, -0.2) is 55.5 Å². The molecule has 0 unspecified atom stereocenters. The number of rotatable bonds is 1. The largest absolute Gasteiger partial charge is 0.416 e. The first-order chi connectivity index (χ1) is 15.6. The zero-order chi connectivity index (χ0) is 23.5. The number of carbonyl (C=O) groups is 3. The third-order valence-corrected chi connectivity index (χ3v) is 6.87. The van der Waals surface area contributed by atoms with E-state index in [1.54, 1.807) is 0 Å². The van der Waals surface area contributed by atoms with Crippen LogP contribution in [0.2, 0.25) is 0 Å². The SMILES string of the molecule is CN1C(=O)NC(=O)[C@]2(Cc3cc(C(F)(F)F)ccc3N3CCN(c4ccccc4)C[C@@H]32)C1=O. The van der Waals surface area contributed by atoms with E-state index in [2.05, 4.69) is 10.2 Å². The Labute approximate surface area is 187 Å². The Balaban J connectivity index is 1.65. The summed E-state index contributed by atoms with van der Waals surface area (Å²) < 4.78 is 40.2. The Morgan fingerprint density at radius 1 is 1.03 bits per heavy atom. The van der Waals surface area contributed by atoms with Gasteiger partial charge in [0.05, 0.1) is 11.6 Å². The number of nitrogens with one attached hydrogen (secondary N) is 1. The predicted molar refractivity (Wildman–Crippen MR) is 114 cm³/mol. The minimum Gasteiger partial charge on any atom is -0.368 e. The lowest BCUT2D eigenvalue weighted by Gasteiger charge is -2.55. The molecule has 3 aliphatic heterocycles.